The van der Waals surface area contributed by atoms with Crippen molar-refractivity contribution in [2.45, 2.75) is 31.7 Å². The molecule has 3 heterocycles. The third kappa shape index (κ3) is 6.17. The molecule has 0 spiro atoms. The van der Waals surface area contributed by atoms with Gasteiger partial charge < -0.3 is 10.6 Å². The molecular weight excluding hydrogens is 516 g/mol. The number of pyridine rings is 1. The van der Waals surface area contributed by atoms with Crippen LogP contribution < -0.4 is 10.6 Å². The van der Waals surface area contributed by atoms with E-state index in [-0.39, 0.29) is 24.7 Å². The summed E-state index contributed by atoms with van der Waals surface area (Å²) < 4.78 is 1.53. The summed E-state index contributed by atoms with van der Waals surface area (Å²) in [4.78, 5) is 30.2. The fraction of sp³-hybridized carbons (Fsp3) is 0.179. The van der Waals surface area contributed by atoms with E-state index in [2.05, 4.69) is 37.2 Å². The van der Waals surface area contributed by atoms with Gasteiger partial charge in [-0.3, -0.25) is 14.6 Å². The minimum absolute atomic E-state index is 0.166. The number of fused-ring (bicyclic) bond motifs is 4. The number of carbonyl (C=O) groups excluding carboxylic acids is 2. The SMILES string of the molecule is N#Cc1ccc2c(c1)-c1ccnc(c1)[C@@H](NC(=O)CCc1cc(Cl)ccc1-n1cnnn1)C/C=C/CC(=O)N2. The molecule has 0 radical (unpaired) electrons. The van der Waals surface area contributed by atoms with Gasteiger partial charge in [0.05, 0.1) is 29.1 Å². The minimum atomic E-state index is -0.419. The van der Waals surface area contributed by atoms with Crippen molar-refractivity contribution in [3.8, 4) is 22.9 Å². The average molecular weight is 539 g/mol. The van der Waals surface area contributed by atoms with Gasteiger partial charge >= 0.3 is 0 Å². The predicted molar refractivity (Wildman–Crippen MR) is 145 cm³/mol. The lowest BCUT2D eigenvalue weighted by Crippen LogP contribution is -2.29. The maximum absolute atomic E-state index is 13.1. The molecule has 5 rings (SSSR count). The summed E-state index contributed by atoms with van der Waals surface area (Å²) in [6.07, 6.45) is 8.04. The molecule has 2 aromatic carbocycles. The lowest BCUT2D eigenvalue weighted by atomic mass is 9.98. The molecule has 2 amide bonds. The van der Waals surface area contributed by atoms with E-state index in [0.717, 1.165) is 16.8 Å². The fourth-order valence-corrected chi connectivity index (χ4v) is 4.60. The van der Waals surface area contributed by atoms with E-state index in [0.29, 0.717) is 40.4 Å². The van der Waals surface area contributed by atoms with E-state index in [1.54, 1.807) is 42.6 Å². The molecule has 0 saturated heterocycles. The van der Waals surface area contributed by atoms with E-state index in [4.69, 9.17) is 11.6 Å². The monoisotopic (exact) mass is 538 g/mol. The Kier molecular flexibility index (Phi) is 7.70. The molecule has 11 heteroatoms. The Morgan fingerprint density at radius 1 is 1.18 bits per heavy atom. The van der Waals surface area contributed by atoms with Crippen LogP contribution in [-0.4, -0.2) is 37.0 Å². The summed E-state index contributed by atoms with van der Waals surface area (Å²) in [5, 5.41) is 27.3. The zero-order valence-electron chi connectivity index (χ0n) is 20.7. The molecule has 1 aliphatic heterocycles. The Labute approximate surface area is 229 Å². The van der Waals surface area contributed by atoms with E-state index >= 15 is 0 Å². The second kappa shape index (κ2) is 11.7. The lowest BCUT2D eigenvalue weighted by molar-refractivity contribution is -0.121. The molecule has 2 bridgehead atoms. The number of carbonyl (C=O) groups is 2. The van der Waals surface area contributed by atoms with Crippen LogP contribution in [0.2, 0.25) is 5.02 Å². The lowest BCUT2D eigenvalue weighted by Gasteiger charge is -2.19. The third-order valence-electron chi connectivity index (χ3n) is 6.31. The van der Waals surface area contributed by atoms with Gasteiger partial charge in [0.15, 0.2) is 0 Å². The third-order valence-corrected chi connectivity index (χ3v) is 6.54. The van der Waals surface area contributed by atoms with Gasteiger partial charge in [-0.1, -0.05) is 23.8 Å². The normalized spacial score (nSPS) is 15.6. The number of halogens is 1. The number of amides is 2. The first kappa shape index (κ1) is 25.8. The number of nitrogens with zero attached hydrogens (tertiary/aromatic N) is 6. The highest BCUT2D eigenvalue weighted by Gasteiger charge is 2.19. The summed E-state index contributed by atoms with van der Waals surface area (Å²) >= 11 is 6.22. The van der Waals surface area contributed by atoms with Crippen LogP contribution in [0.5, 0.6) is 0 Å². The average Bonchev–Trinajstić information content (AvgIpc) is 3.48. The first-order valence-corrected chi connectivity index (χ1v) is 12.6. The van der Waals surface area contributed by atoms with E-state index < -0.39 is 6.04 Å². The molecule has 1 atom stereocenters. The quantitative estimate of drug-likeness (QED) is 0.360. The van der Waals surface area contributed by atoms with Crippen molar-refractivity contribution < 1.29 is 9.59 Å². The van der Waals surface area contributed by atoms with Crippen LogP contribution in [0.15, 0.2) is 73.2 Å². The number of rotatable bonds is 5. The highest BCUT2D eigenvalue weighted by Crippen LogP contribution is 2.31. The Balaban J connectivity index is 1.39. The number of nitriles is 1. The summed E-state index contributed by atoms with van der Waals surface area (Å²) in [5.41, 5.74) is 4.81. The second-order valence-corrected chi connectivity index (χ2v) is 9.38. The topological polar surface area (TPSA) is 138 Å². The number of aromatic nitrogens is 5. The molecule has 0 saturated carbocycles. The van der Waals surface area contributed by atoms with Gasteiger partial charge in [-0.2, -0.15) is 5.26 Å². The van der Waals surface area contributed by atoms with Gasteiger partial charge in [-0.25, -0.2) is 4.68 Å². The van der Waals surface area contributed by atoms with Crippen LogP contribution in [0.25, 0.3) is 16.8 Å². The summed E-state index contributed by atoms with van der Waals surface area (Å²) in [6.45, 7) is 0. The van der Waals surface area contributed by atoms with Crippen molar-refractivity contribution in [1.82, 2.24) is 30.5 Å². The van der Waals surface area contributed by atoms with Crippen LogP contribution in [0.1, 0.15) is 42.1 Å². The standard InChI is InChI=1S/C28H23ClN8O2/c29-21-7-9-26(37-17-32-35-36-37)20(14-21)6-10-28(39)34-24-3-1-2-4-27(38)33-23-8-5-18(16-30)13-22(23)19-11-12-31-25(24)15-19/h1-2,5,7-9,11-15,17,24H,3-4,6,10H2,(H,33,38)(H,34,39)/b2-1+/t24-/m0/s1. The number of anilines is 1. The summed E-state index contributed by atoms with van der Waals surface area (Å²) in [7, 11) is 0. The van der Waals surface area contributed by atoms with Crippen molar-refractivity contribution >= 4 is 29.1 Å². The fourth-order valence-electron chi connectivity index (χ4n) is 4.41. The Bertz CT molecular complexity index is 1590. The predicted octanol–water partition coefficient (Wildman–Crippen LogP) is 4.33. The summed E-state index contributed by atoms with van der Waals surface area (Å²) in [5.74, 6) is -0.340. The molecule has 2 N–H and O–H groups in total. The Hall–Kier alpha value is -4.88. The smallest absolute Gasteiger partial charge is 0.228 e. The molecule has 2 aromatic heterocycles. The number of hydrogen-bond donors (Lipinski definition) is 2. The van der Waals surface area contributed by atoms with Gasteiger partial charge in [0.25, 0.3) is 0 Å². The van der Waals surface area contributed by atoms with E-state index in [1.807, 2.05) is 24.3 Å². The molecule has 39 heavy (non-hydrogen) atoms. The van der Waals surface area contributed by atoms with Crippen molar-refractivity contribution in [3.63, 3.8) is 0 Å². The van der Waals surface area contributed by atoms with Crippen molar-refractivity contribution in [1.29, 1.82) is 5.26 Å². The maximum Gasteiger partial charge on any atom is 0.228 e. The highest BCUT2D eigenvalue weighted by molar-refractivity contribution is 6.30. The van der Waals surface area contributed by atoms with Crippen molar-refractivity contribution in [3.05, 3.63) is 95.1 Å². The first-order valence-electron chi connectivity index (χ1n) is 12.3. The number of aryl methyl sites for hydroxylation is 1. The van der Waals surface area contributed by atoms with Gasteiger partial charge in [0.1, 0.15) is 6.33 Å². The van der Waals surface area contributed by atoms with Crippen LogP contribution >= 0.6 is 11.6 Å². The molecule has 0 unspecified atom stereocenters. The molecule has 10 nitrogen and oxygen atoms in total. The van der Waals surface area contributed by atoms with Crippen molar-refractivity contribution in [2.24, 2.45) is 0 Å². The van der Waals surface area contributed by atoms with Gasteiger partial charge in [-0.15, -0.1) is 5.10 Å². The number of hydrogen-bond acceptors (Lipinski definition) is 7. The number of tetrazole rings is 1. The largest absolute Gasteiger partial charge is 0.347 e. The van der Waals surface area contributed by atoms with Gasteiger partial charge in [-0.05, 0) is 82.9 Å². The van der Waals surface area contributed by atoms with Crippen LogP contribution in [0.3, 0.4) is 0 Å². The minimum Gasteiger partial charge on any atom is -0.347 e. The van der Waals surface area contributed by atoms with Gasteiger partial charge in [0.2, 0.25) is 11.8 Å². The Morgan fingerprint density at radius 3 is 2.90 bits per heavy atom. The molecule has 1 aliphatic rings. The number of benzene rings is 2. The molecule has 0 fully saturated rings. The second-order valence-electron chi connectivity index (χ2n) is 8.95. The van der Waals surface area contributed by atoms with Crippen LogP contribution in [0, 0.1) is 11.3 Å². The molecule has 194 valence electrons. The Morgan fingerprint density at radius 2 is 2.08 bits per heavy atom. The number of nitrogens with one attached hydrogen (secondary N) is 2. The highest BCUT2D eigenvalue weighted by atomic mass is 35.5. The molecule has 4 aromatic rings. The molecule has 0 aliphatic carbocycles. The van der Waals surface area contributed by atoms with Crippen molar-refractivity contribution in [2.75, 3.05) is 5.32 Å². The van der Waals surface area contributed by atoms with E-state index in [1.165, 1.54) is 11.0 Å². The first-order chi connectivity index (χ1) is 19.0. The van der Waals surface area contributed by atoms with E-state index in [9.17, 15) is 14.9 Å². The van der Waals surface area contributed by atoms with Gasteiger partial charge in [0, 0.05) is 35.3 Å². The zero-order valence-corrected chi connectivity index (χ0v) is 21.5. The maximum atomic E-state index is 13.1. The summed E-state index contributed by atoms with van der Waals surface area (Å²) in [6, 6.07) is 15.9. The van der Waals surface area contributed by atoms with Crippen LogP contribution in [0.4, 0.5) is 5.69 Å². The molecular formula is C28H23ClN8O2. The zero-order chi connectivity index (χ0) is 27.2. The van der Waals surface area contributed by atoms with Crippen LogP contribution in [-0.2, 0) is 16.0 Å².